The average molecular weight is 158 g/mol. The molecule has 1 aromatic rings. The van der Waals surface area contributed by atoms with Gasteiger partial charge in [0.2, 0.25) is 0 Å². The average Bonchev–Trinajstić information content (AvgIpc) is 2.84. The van der Waals surface area contributed by atoms with Crippen molar-refractivity contribution in [1.82, 2.24) is 4.98 Å². The van der Waals surface area contributed by atoms with Gasteiger partial charge in [0, 0.05) is 5.69 Å². The Morgan fingerprint density at radius 3 is 2.75 bits per heavy atom. The summed E-state index contributed by atoms with van der Waals surface area (Å²) in [7, 11) is 0. The maximum Gasteiger partial charge on any atom is 0.0994 e. The minimum absolute atomic E-state index is 0.230. The standard InChI is InChI=1S/C10H10N2/c1-8-3-2-4-9(12-8)10(7-11)5-6-10/h2-4H,5-6H2,1H3. The molecular weight excluding hydrogens is 148 g/mol. The minimum Gasteiger partial charge on any atom is -0.256 e. The van der Waals surface area contributed by atoms with Gasteiger partial charge in [-0.1, -0.05) is 6.07 Å². The molecule has 0 aliphatic heterocycles. The summed E-state index contributed by atoms with van der Waals surface area (Å²) >= 11 is 0. The molecule has 2 rings (SSSR count). The lowest BCUT2D eigenvalue weighted by Crippen LogP contribution is -2.05. The molecule has 0 unspecified atom stereocenters. The predicted octanol–water partition coefficient (Wildman–Crippen LogP) is 1.95. The summed E-state index contributed by atoms with van der Waals surface area (Å²) in [6, 6.07) is 8.20. The number of hydrogen-bond acceptors (Lipinski definition) is 2. The fraction of sp³-hybridized carbons (Fsp3) is 0.400. The van der Waals surface area contributed by atoms with Crippen LogP contribution in [0.2, 0.25) is 0 Å². The molecule has 1 fully saturated rings. The van der Waals surface area contributed by atoms with Crippen LogP contribution < -0.4 is 0 Å². The van der Waals surface area contributed by atoms with Gasteiger partial charge in [0.05, 0.1) is 17.2 Å². The molecule has 1 aliphatic carbocycles. The maximum absolute atomic E-state index is 8.91. The van der Waals surface area contributed by atoms with Crippen LogP contribution in [0.3, 0.4) is 0 Å². The predicted molar refractivity (Wildman–Crippen MR) is 45.5 cm³/mol. The monoisotopic (exact) mass is 158 g/mol. The first-order valence-corrected chi connectivity index (χ1v) is 4.12. The quantitative estimate of drug-likeness (QED) is 0.626. The van der Waals surface area contributed by atoms with Gasteiger partial charge in [-0.15, -0.1) is 0 Å². The van der Waals surface area contributed by atoms with Crippen LogP contribution in [-0.4, -0.2) is 4.98 Å². The normalized spacial score (nSPS) is 18.3. The second-order valence-electron chi connectivity index (χ2n) is 3.36. The van der Waals surface area contributed by atoms with Crippen molar-refractivity contribution in [2.24, 2.45) is 0 Å². The van der Waals surface area contributed by atoms with Crippen molar-refractivity contribution >= 4 is 0 Å². The molecule has 0 radical (unpaired) electrons. The zero-order valence-electron chi connectivity index (χ0n) is 7.04. The van der Waals surface area contributed by atoms with E-state index in [-0.39, 0.29) is 5.41 Å². The van der Waals surface area contributed by atoms with Crippen molar-refractivity contribution in [3.05, 3.63) is 29.6 Å². The fourth-order valence-corrected chi connectivity index (χ4v) is 1.36. The summed E-state index contributed by atoms with van der Waals surface area (Å²) in [6.07, 6.45) is 1.94. The van der Waals surface area contributed by atoms with E-state index in [4.69, 9.17) is 5.26 Å². The zero-order chi connectivity index (χ0) is 8.60. The highest BCUT2D eigenvalue weighted by molar-refractivity contribution is 5.34. The SMILES string of the molecule is Cc1cccc(C2(C#N)CC2)n1. The Morgan fingerprint density at radius 1 is 1.50 bits per heavy atom. The molecule has 60 valence electrons. The van der Waals surface area contributed by atoms with Crippen LogP contribution in [0.15, 0.2) is 18.2 Å². The van der Waals surface area contributed by atoms with Crippen LogP contribution in [0.4, 0.5) is 0 Å². The van der Waals surface area contributed by atoms with Crippen LogP contribution >= 0.6 is 0 Å². The number of pyridine rings is 1. The highest BCUT2D eigenvalue weighted by Crippen LogP contribution is 2.46. The molecule has 12 heavy (non-hydrogen) atoms. The molecular formula is C10H10N2. The molecule has 1 saturated carbocycles. The summed E-state index contributed by atoms with van der Waals surface area (Å²) in [5.41, 5.74) is 1.71. The van der Waals surface area contributed by atoms with E-state index in [1.807, 2.05) is 25.1 Å². The lowest BCUT2D eigenvalue weighted by Gasteiger charge is -2.04. The second-order valence-corrected chi connectivity index (χ2v) is 3.36. The Bertz CT molecular complexity index is 345. The first-order valence-electron chi connectivity index (χ1n) is 4.12. The van der Waals surface area contributed by atoms with E-state index < -0.39 is 0 Å². The topological polar surface area (TPSA) is 36.7 Å². The molecule has 0 aromatic carbocycles. The van der Waals surface area contributed by atoms with Gasteiger partial charge in [0.1, 0.15) is 0 Å². The third-order valence-corrected chi connectivity index (χ3v) is 2.34. The summed E-state index contributed by atoms with van der Waals surface area (Å²) in [5, 5.41) is 8.91. The van der Waals surface area contributed by atoms with Crippen LogP contribution in [0.1, 0.15) is 24.2 Å². The molecule has 0 spiro atoms. The second kappa shape index (κ2) is 2.31. The van der Waals surface area contributed by atoms with Crippen LogP contribution in [-0.2, 0) is 5.41 Å². The van der Waals surface area contributed by atoms with E-state index >= 15 is 0 Å². The van der Waals surface area contributed by atoms with Gasteiger partial charge in [0.25, 0.3) is 0 Å². The van der Waals surface area contributed by atoms with Gasteiger partial charge in [-0.25, -0.2) is 0 Å². The lowest BCUT2D eigenvalue weighted by atomic mass is 10.0. The first-order chi connectivity index (χ1) is 5.77. The van der Waals surface area contributed by atoms with Gasteiger partial charge in [-0.05, 0) is 31.9 Å². The summed E-state index contributed by atoms with van der Waals surface area (Å²) in [5.74, 6) is 0. The molecule has 1 heterocycles. The molecule has 0 N–H and O–H groups in total. The molecule has 2 nitrogen and oxygen atoms in total. The molecule has 0 bridgehead atoms. The summed E-state index contributed by atoms with van der Waals surface area (Å²) in [6.45, 7) is 1.96. The van der Waals surface area contributed by atoms with Crippen molar-refractivity contribution < 1.29 is 0 Å². The third-order valence-electron chi connectivity index (χ3n) is 2.34. The minimum atomic E-state index is -0.230. The van der Waals surface area contributed by atoms with E-state index in [2.05, 4.69) is 11.1 Å². The van der Waals surface area contributed by atoms with Crippen molar-refractivity contribution in [1.29, 1.82) is 5.26 Å². The van der Waals surface area contributed by atoms with Gasteiger partial charge < -0.3 is 0 Å². The van der Waals surface area contributed by atoms with E-state index in [1.165, 1.54) is 0 Å². The molecule has 0 amide bonds. The van der Waals surface area contributed by atoms with Crippen molar-refractivity contribution in [2.45, 2.75) is 25.2 Å². The maximum atomic E-state index is 8.91. The Kier molecular flexibility index (Phi) is 1.41. The number of nitrogens with zero attached hydrogens (tertiary/aromatic N) is 2. The van der Waals surface area contributed by atoms with Crippen molar-refractivity contribution in [3.63, 3.8) is 0 Å². The van der Waals surface area contributed by atoms with Crippen molar-refractivity contribution in [2.75, 3.05) is 0 Å². The molecule has 0 atom stereocenters. The number of rotatable bonds is 1. The first kappa shape index (κ1) is 7.30. The Balaban J connectivity index is 2.42. The number of hydrogen-bond donors (Lipinski definition) is 0. The highest BCUT2D eigenvalue weighted by atomic mass is 14.8. The van der Waals surface area contributed by atoms with E-state index in [0.717, 1.165) is 24.2 Å². The van der Waals surface area contributed by atoms with Gasteiger partial charge in [-0.3, -0.25) is 4.98 Å². The molecule has 1 aromatic heterocycles. The lowest BCUT2D eigenvalue weighted by molar-refractivity contribution is 0.845. The van der Waals surface area contributed by atoms with E-state index in [0.29, 0.717) is 0 Å². The van der Waals surface area contributed by atoms with Crippen LogP contribution in [0.25, 0.3) is 0 Å². The van der Waals surface area contributed by atoms with E-state index in [9.17, 15) is 0 Å². The van der Waals surface area contributed by atoms with Gasteiger partial charge in [-0.2, -0.15) is 5.26 Å². The molecule has 0 saturated heterocycles. The van der Waals surface area contributed by atoms with Gasteiger partial charge in [0.15, 0.2) is 0 Å². The number of nitriles is 1. The zero-order valence-corrected chi connectivity index (χ0v) is 7.04. The highest BCUT2D eigenvalue weighted by Gasteiger charge is 2.46. The van der Waals surface area contributed by atoms with Crippen LogP contribution in [0, 0.1) is 18.3 Å². The van der Waals surface area contributed by atoms with Gasteiger partial charge >= 0.3 is 0 Å². The largest absolute Gasteiger partial charge is 0.256 e. The summed E-state index contributed by atoms with van der Waals surface area (Å²) in [4.78, 5) is 4.36. The number of aromatic nitrogens is 1. The number of aryl methyl sites for hydroxylation is 1. The molecule has 1 aliphatic rings. The Labute approximate surface area is 71.9 Å². The third kappa shape index (κ3) is 0.984. The van der Waals surface area contributed by atoms with Crippen molar-refractivity contribution in [3.8, 4) is 6.07 Å². The Morgan fingerprint density at radius 2 is 2.25 bits per heavy atom. The van der Waals surface area contributed by atoms with Crippen LogP contribution in [0.5, 0.6) is 0 Å². The Hall–Kier alpha value is -1.36. The molecule has 2 heteroatoms. The smallest absolute Gasteiger partial charge is 0.0994 e. The van der Waals surface area contributed by atoms with E-state index in [1.54, 1.807) is 0 Å². The summed E-state index contributed by atoms with van der Waals surface area (Å²) < 4.78 is 0. The fourth-order valence-electron chi connectivity index (χ4n) is 1.36.